The summed E-state index contributed by atoms with van der Waals surface area (Å²) in [5, 5.41) is 1.76. The summed E-state index contributed by atoms with van der Waals surface area (Å²) in [5.74, 6) is 1.65. The Hall–Kier alpha value is -8.96. The number of anilines is 4. The maximum Gasteiger partial charge on any atom is 0.143 e. The third-order valence-electron chi connectivity index (χ3n) is 14.2. The summed E-state index contributed by atoms with van der Waals surface area (Å²) in [6, 6.07) is 43.7. The molecule has 7 heteroatoms. The summed E-state index contributed by atoms with van der Waals surface area (Å²) in [7, 11) is 0. The van der Waals surface area contributed by atoms with E-state index in [0.29, 0.717) is 51.0 Å². The minimum atomic E-state index is -0.594. The Kier molecular flexibility index (Phi) is 10.1. The third-order valence-corrected chi connectivity index (χ3v) is 14.2. The van der Waals surface area contributed by atoms with Gasteiger partial charge in [0, 0.05) is 89.7 Å². The quantitative estimate of drug-likeness (QED) is 0.121. The summed E-state index contributed by atoms with van der Waals surface area (Å²) in [6.07, 6.45) is 1.62. The first kappa shape index (κ1) is 37.8. The molecule has 0 saturated carbocycles. The molecular formula is C74H59N4O2Pt-3. The summed E-state index contributed by atoms with van der Waals surface area (Å²) >= 11 is 0. The number of para-hydroxylation sites is 4. The van der Waals surface area contributed by atoms with Crippen molar-refractivity contribution in [2.24, 2.45) is 0 Å². The largest absolute Gasteiger partial charge is 0.509 e. The molecule has 1 aliphatic rings. The number of fused-ring (bicyclic) bond motifs is 4. The van der Waals surface area contributed by atoms with E-state index in [1.54, 1.807) is 78.4 Å². The topological polar surface area (TPSA) is 42.8 Å². The van der Waals surface area contributed by atoms with Gasteiger partial charge in [-0.3, -0.25) is 0 Å². The maximum atomic E-state index is 9.12. The first-order valence-electron chi connectivity index (χ1n) is 33.6. The predicted octanol–water partition coefficient (Wildman–Crippen LogP) is 20.0. The number of rotatable bonds is 11. The van der Waals surface area contributed by atoms with Crippen LogP contribution in [0.2, 0.25) is 0 Å². The van der Waals surface area contributed by atoms with Crippen molar-refractivity contribution in [2.75, 3.05) is 9.80 Å². The molecule has 3 heterocycles. The van der Waals surface area contributed by atoms with E-state index in [4.69, 9.17) is 35.0 Å². The minimum absolute atomic E-state index is 0. The third kappa shape index (κ3) is 10.2. The Morgan fingerprint density at radius 2 is 1.04 bits per heavy atom. The molecular weight excluding hydrogens is 1170 g/mol. The first-order valence-corrected chi connectivity index (χ1v) is 26.1. The van der Waals surface area contributed by atoms with Gasteiger partial charge in [0.15, 0.2) is 0 Å². The smallest absolute Gasteiger partial charge is 0.143 e. The maximum absolute atomic E-state index is 9.12. The van der Waals surface area contributed by atoms with Crippen LogP contribution in [0.3, 0.4) is 0 Å². The van der Waals surface area contributed by atoms with Crippen molar-refractivity contribution in [3.63, 3.8) is 0 Å². The van der Waals surface area contributed by atoms with E-state index in [1.807, 2.05) is 82.3 Å². The monoisotopic (exact) mass is 1250 g/mol. The van der Waals surface area contributed by atoms with Crippen LogP contribution in [0, 0.1) is 18.8 Å². The van der Waals surface area contributed by atoms with E-state index in [1.165, 1.54) is 0 Å². The van der Waals surface area contributed by atoms with Gasteiger partial charge in [-0.05, 0) is 73.9 Å². The molecule has 13 rings (SSSR count). The molecule has 81 heavy (non-hydrogen) atoms. The standard InChI is InChI=1S/C74H59N4O2.Pt/c1-73(2,3)54-37-35-53(36-38-54)63-32-20-31-62(52-25-14-9-15-26-52)72(63)80-59-43-44-75-70(48-59)78-66-42-39-55(74(4,5)6)45-65(66)64-41-40-58(47-69(64)78)79-57-28-18-27-56(46-57)76-49-77(68-34-17-16-33-67(68)76)71-60(50-21-10-7-11-22-50)29-19-30-61(71)51-23-12-8-13-24-51;/h7-45,48-49H,1-6H3;/q-3;/i7D,8D,9D,10D,11D,12D,13D,14D,15D,21D,22D,23D,24D,25D,26D;. The molecule has 0 bridgehead atoms. The molecule has 1 aliphatic heterocycles. The Morgan fingerprint density at radius 3 is 1.67 bits per heavy atom. The van der Waals surface area contributed by atoms with E-state index in [2.05, 4.69) is 65.8 Å². The van der Waals surface area contributed by atoms with E-state index >= 15 is 0 Å². The van der Waals surface area contributed by atoms with Gasteiger partial charge in [-0.25, -0.2) is 4.98 Å². The van der Waals surface area contributed by atoms with Crippen molar-refractivity contribution in [1.82, 2.24) is 9.55 Å². The second-order valence-corrected chi connectivity index (χ2v) is 21.4. The summed E-state index contributed by atoms with van der Waals surface area (Å²) in [4.78, 5) is 8.47. The van der Waals surface area contributed by atoms with Gasteiger partial charge in [0.25, 0.3) is 0 Å². The van der Waals surface area contributed by atoms with Crippen molar-refractivity contribution in [2.45, 2.75) is 52.4 Å². The van der Waals surface area contributed by atoms with Crippen molar-refractivity contribution in [1.29, 1.82) is 0 Å². The fourth-order valence-electron chi connectivity index (χ4n) is 10.2. The number of hydrogen-bond donors (Lipinski definition) is 0. The minimum Gasteiger partial charge on any atom is -0.509 e. The molecule has 0 atom stereocenters. The van der Waals surface area contributed by atoms with Crippen LogP contribution in [-0.4, -0.2) is 9.55 Å². The van der Waals surface area contributed by atoms with Gasteiger partial charge < -0.3 is 23.8 Å². The fraction of sp³-hybridized carbons (Fsp3) is 0.108. The molecule has 400 valence electrons. The number of aromatic nitrogens is 2. The van der Waals surface area contributed by atoms with Crippen molar-refractivity contribution in [3.05, 3.63) is 272 Å². The molecule has 0 spiro atoms. The Bertz CT molecular complexity index is 5010. The number of ether oxygens (including phenoxy) is 2. The molecule has 0 amide bonds. The molecule has 0 saturated heterocycles. The average Bonchev–Trinajstić information content (AvgIpc) is 0.911. The fourth-order valence-corrected chi connectivity index (χ4v) is 10.2. The van der Waals surface area contributed by atoms with Crippen LogP contribution in [0.25, 0.3) is 72.1 Å². The van der Waals surface area contributed by atoms with Gasteiger partial charge in [0.2, 0.25) is 0 Å². The molecule has 0 fully saturated rings. The van der Waals surface area contributed by atoms with E-state index in [-0.39, 0.29) is 89.0 Å². The Balaban J connectivity index is 0.00000881. The zero-order valence-electron chi connectivity index (χ0n) is 59.9. The van der Waals surface area contributed by atoms with Crippen LogP contribution in [0.1, 0.15) is 73.2 Å². The SMILES string of the molecule is [2H]c1c([2H])c([2H])c(-c2cccc(-c3ccc(C(C)(C)C)cc3)c2Oc2ccnc(-n3c4[c-]c(Oc5[c-]c(N6[CH-]N(c7c(-c8c([2H])c([2H])c([2H])c([2H])c8[2H])cccc7-c7c([2H])c([2H])c([2H])c([2H])c7[2H])c7ccccc76)ccc5)ccc4c4cc(C(C)(C)C)ccc43)c2)c([2H])c1[2H].[Pt]. The molecule has 0 aliphatic carbocycles. The first-order chi connectivity index (χ1) is 45.1. The van der Waals surface area contributed by atoms with Gasteiger partial charge in [-0.2, -0.15) is 12.1 Å². The second-order valence-electron chi connectivity index (χ2n) is 21.4. The van der Waals surface area contributed by atoms with Crippen LogP contribution in [0.4, 0.5) is 22.7 Å². The number of hydrogen-bond acceptors (Lipinski definition) is 5. The summed E-state index contributed by atoms with van der Waals surface area (Å²) in [6.45, 7) is 14.5. The Labute approximate surface area is 510 Å². The predicted molar refractivity (Wildman–Crippen MR) is 330 cm³/mol. The van der Waals surface area contributed by atoms with Crippen molar-refractivity contribution in [3.8, 4) is 73.3 Å². The molecule has 0 unspecified atom stereocenters. The summed E-state index contributed by atoms with van der Waals surface area (Å²) in [5.41, 5.74) is 6.69. The van der Waals surface area contributed by atoms with Crippen LogP contribution < -0.4 is 19.3 Å². The summed E-state index contributed by atoms with van der Waals surface area (Å²) < 4.78 is 147. The van der Waals surface area contributed by atoms with E-state index < -0.39 is 78.6 Å². The number of pyridine rings is 1. The molecule has 10 aromatic carbocycles. The zero-order chi connectivity index (χ0) is 67.6. The van der Waals surface area contributed by atoms with Gasteiger partial charge in [0.05, 0.1) is 20.6 Å². The van der Waals surface area contributed by atoms with E-state index in [9.17, 15) is 0 Å². The molecule has 2 aromatic heterocycles. The van der Waals surface area contributed by atoms with Crippen molar-refractivity contribution >= 4 is 44.6 Å². The number of benzene rings is 10. The molecule has 6 nitrogen and oxygen atoms in total. The van der Waals surface area contributed by atoms with Crippen LogP contribution in [0.5, 0.6) is 23.0 Å². The zero-order valence-corrected chi connectivity index (χ0v) is 47.2. The molecule has 12 aromatic rings. The average molecular weight is 1250 g/mol. The van der Waals surface area contributed by atoms with Crippen molar-refractivity contribution < 1.29 is 51.1 Å². The molecule has 0 radical (unpaired) electrons. The van der Waals surface area contributed by atoms with Crippen LogP contribution >= 0.6 is 0 Å². The van der Waals surface area contributed by atoms with Gasteiger partial charge in [0.1, 0.15) is 17.3 Å². The van der Waals surface area contributed by atoms with Gasteiger partial charge in [-0.15, -0.1) is 48.1 Å². The normalized spacial score (nSPS) is 15.0. The second kappa shape index (κ2) is 21.6. The van der Waals surface area contributed by atoms with Gasteiger partial charge in [-0.1, -0.05) is 223 Å². The van der Waals surface area contributed by atoms with Crippen LogP contribution in [-0.2, 0) is 31.9 Å². The van der Waals surface area contributed by atoms with E-state index in [0.717, 1.165) is 33.0 Å². The Morgan fingerprint density at radius 1 is 0.481 bits per heavy atom. The van der Waals surface area contributed by atoms with Crippen LogP contribution in [0.15, 0.2) is 242 Å². The molecule has 0 N–H and O–H groups in total. The van der Waals surface area contributed by atoms with Gasteiger partial charge >= 0.3 is 0 Å². The number of nitrogens with zero attached hydrogens (tertiary/aromatic N) is 4.